The molecule has 0 saturated carbocycles. The normalized spacial score (nSPS) is 15.0. The molecule has 0 aromatic carbocycles. The monoisotopic (exact) mass is 353 g/mol. The highest BCUT2D eigenvalue weighted by Gasteiger charge is 2.32. The maximum atomic E-state index is 12.3. The number of rotatable bonds is 8. The fourth-order valence-electron chi connectivity index (χ4n) is 1.60. The SMILES string of the molecule is CCOC(=O)C/C=C(\Cl)[C@H](CC(C)C)NS(=O)(=O)C(C)(C)C. The molecule has 5 nitrogen and oxygen atoms in total. The van der Waals surface area contributed by atoms with E-state index in [0.29, 0.717) is 18.1 Å². The van der Waals surface area contributed by atoms with Gasteiger partial charge in [-0.15, -0.1) is 0 Å². The van der Waals surface area contributed by atoms with Crippen molar-refractivity contribution >= 4 is 27.6 Å². The Morgan fingerprint density at radius 3 is 2.27 bits per heavy atom. The van der Waals surface area contributed by atoms with Crippen molar-refractivity contribution in [2.24, 2.45) is 5.92 Å². The number of carbonyl (C=O) groups is 1. The summed E-state index contributed by atoms with van der Waals surface area (Å²) in [5, 5.41) is 0.314. The van der Waals surface area contributed by atoms with Gasteiger partial charge in [0.15, 0.2) is 0 Å². The lowest BCUT2D eigenvalue weighted by Gasteiger charge is -2.26. The van der Waals surface area contributed by atoms with E-state index in [0.717, 1.165) is 0 Å². The Kier molecular flexibility index (Phi) is 8.65. The fourth-order valence-corrected chi connectivity index (χ4v) is 2.83. The quantitative estimate of drug-likeness (QED) is 0.680. The van der Waals surface area contributed by atoms with Crippen LogP contribution < -0.4 is 4.72 Å². The third-order valence-electron chi connectivity index (χ3n) is 2.91. The summed E-state index contributed by atoms with van der Waals surface area (Å²) in [7, 11) is -3.53. The van der Waals surface area contributed by atoms with E-state index in [1.165, 1.54) is 6.08 Å². The molecule has 0 bridgehead atoms. The lowest BCUT2D eigenvalue weighted by molar-refractivity contribution is -0.142. The minimum atomic E-state index is -3.53. The van der Waals surface area contributed by atoms with Gasteiger partial charge in [0.05, 0.1) is 23.8 Å². The average molecular weight is 354 g/mol. The molecule has 0 aliphatic heterocycles. The summed E-state index contributed by atoms with van der Waals surface area (Å²) in [5.74, 6) is -0.139. The molecule has 0 saturated heterocycles. The number of carbonyl (C=O) groups excluding carboxylic acids is 1. The summed E-state index contributed by atoms with van der Waals surface area (Å²) in [6.45, 7) is 10.9. The molecule has 1 N–H and O–H groups in total. The fraction of sp³-hybridized carbons (Fsp3) is 0.800. The first-order chi connectivity index (χ1) is 9.90. The lowest BCUT2D eigenvalue weighted by atomic mass is 10.0. The van der Waals surface area contributed by atoms with Gasteiger partial charge in [-0.3, -0.25) is 4.79 Å². The second-order valence-corrected chi connectivity index (χ2v) is 9.42. The Morgan fingerprint density at radius 1 is 1.32 bits per heavy atom. The molecule has 0 radical (unpaired) electrons. The Balaban J connectivity index is 5.13. The van der Waals surface area contributed by atoms with E-state index in [1.807, 2.05) is 13.8 Å². The predicted molar refractivity (Wildman–Crippen MR) is 90.2 cm³/mol. The van der Waals surface area contributed by atoms with Gasteiger partial charge < -0.3 is 4.74 Å². The number of halogens is 1. The molecular formula is C15H28ClNO4S. The minimum Gasteiger partial charge on any atom is -0.466 e. The van der Waals surface area contributed by atoms with Gasteiger partial charge >= 0.3 is 5.97 Å². The summed E-state index contributed by atoms with van der Waals surface area (Å²) < 4.78 is 31.1. The van der Waals surface area contributed by atoms with Crippen molar-refractivity contribution in [1.29, 1.82) is 0 Å². The molecule has 0 unspecified atom stereocenters. The summed E-state index contributed by atoms with van der Waals surface area (Å²) in [5.41, 5.74) is 0. The van der Waals surface area contributed by atoms with Crippen LogP contribution in [0.25, 0.3) is 0 Å². The summed E-state index contributed by atoms with van der Waals surface area (Å²) in [6.07, 6.45) is 2.09. The van der Waals surface area contributed by atoms with Gasteiger partial charge in [-0.1, -0.05) is 31.5 Å². The second-order valence-electron chi connectivity index (χ2n) is 6.51. The van der Waals surface area contributed by atoms with E-state index in [4.69, 9.17) is 16.3 Å². The van der Waals surface area contributed by atoms with Crippen LogP contribution in [0, 0.1) is 5.92 Å². The van der Waals surface area contributed by atoms with Crippen LogP contribution in [-0.4, -0.2) is 31.8 Å². The summed E-state index contributed by atoms with van der Waals surface area (Å²) in [6, 6.07) is -0.541. The van der Waals surface area contributed by atoms with E-state index in [1.54, 1.807) is 27.7 Å². The minimum absolute atomic E-state index is 0.0263. The van der Waals surface area contributed by atoms with Crippen molar-refractivity contribution in [2.45, 2.75) is 65.2 Å². The Labute approximate surface area is 139 Å². The number of hydrogen-bond donors (Lipinski definition) is 1. The first-order valence-electron chi connectivity index (χ1n) is 7.43. The third kappa shape index (κ3) is 7.61. The van der Waals surface area contributed by atoms with Crippen LogP contribution in [0.2, 0.25) is 0 Å². The number of hydrogen-bond acceptors (Lipinski definition) is 4. The van der Waals surface area contributed by atoms with E-state index in [9.17, 15) is 13.2 Å². The molecule has 0 aromatic heterocycles. The van der Waals surface area contributed by atoms with Crippen molar-refractivity contribution in [3.05, 3.63) is 11.1 Å². The molecule has 7 heteroatoms. The van der Waals surface area contributed by atoms with Gasteiger partial charge in [0.2, 0.25) is 10.0 Å². The van der Waals surface area contributed by atoms with Crippen LogP contribution in [0.5, 0.6) is 0 Å². The topological polar surface area (TPSA) is 72.5 Å². The predicted octanol–water partition coefficient (Wildman–Crippen LogP) is 3.19. The van der Waals surface area contributed by atoms with Crippen molar-refractivity contribution in [2.75, 3.05) is 6.61 Å². The largest absolute Gasteiger partial charge is 0.466 e. The number of esters is 1. The zero-order chi connectivity index (χ0) is 17.6. The number of ether oxygens (including phenoxy) is 1. The van der Waals surface area contributed by atoms with Crippen LogP contribution in [0.4, 0.5) is 0 Å². The van der Waals surface area contributed by atoms with Crippen molar-refractivity contribution in [1.82, 2.24) is 4.72 Å². The maximum absolute atomic E-state index is 12.3. The Bertz CT molecular complexity index is 492. The number of nitrogens with one attached hydrogen (secondary N) is 1. The van der Waals surface area contributed by atoms with Crippen molar-refractivity contribution in [3.8, 4) is 0 Å². The van der Waals surface area contributed by atoms with Crippen LogP contribution >= 0.6 is 11.6 Å². The second kappa shape index (κ2) is 8.89. The zero-order valence-electron chi connectivity index (χ0n) is 14.3. The molecule has 22 heavy (non-hydrogen) atoms. The van der Waals surface area contributed by atoms with E-state index < -0.39 is 20.8 Å². The van der Waals surface area contributed by atoms with Crippen molar-refractivity contribution < 1.29 is 17.9 Å². The molecule has 0 aliphatic carbocycles. The van der Waals surface area contributed by atoms with Gasteiger partial charge in [-0.2, -0.15) is 0 Å². The molecule has 0 aliphatic rings. The van der Waals surface area contributed by atoms with Gasteiger partial charge in [0.25, 0.3) is 0 Å². The van der Waals surface area contributed by atoms with Crippen LogP contribution in [0.15, 0.2) is 11.1 Å². The van der Waals surface area contributed by atoms with Crippen LogP contribution in [-0.2, 0) is 19.6 Å². The molecule has 1 atom stereocenters. The molecule has 0 fully saturated rings. The highest BCUT2D eigenvalue weighted by atomic mass is 35.5. The molecule has 0 amide bonds. The average Bonchev–Trinajstić information content (AvgIpc) is 2.33. The highest BCUT2D eigenvalue weighted by molar-refractivity contribution is 7.90. The van der Waals surface area contributed by atoms with Crippen LogP contribution in [0.3, 0.4) is 0 Å². The van der Waals surface area contributed by atoms with Gasteiger partial charge in [0.1, 0.15) is 0 Å². The molecular weight excluding hydrogens is 326 g/mol. The first-order valence-corrected chi connectivity index (χ1v) is 9.29. The van der Waals surface area contributed by atoms with E-state index >= 15 is 0 Å². The van der Waals surface area contributed by atoms with E-state index in [2.05, 4.69) is 4.72 Å². The van der Waals surface area contributed by atoms with E-state index in [-0.39, 0.29) is 18.3 Å². The Morgan fingerprint density at radius 2 is 1.86 bits per heavy atom. The number of sulfonamides is 1. The molecule has 0 aromatic rings. The molecule has 0 rings (SSSR count). The lowest BCUT2D eigenvalue weighted by Crippen LogP contribution is -2.45. The third-order valence-corrected chi connectivity index (χ3v) is 5.54. The van der Waals surface area contributed by atoms with Crippen molar-refractivity contribution in [3.63, 3.8) is 0 Å². The smallest absolute Gasteiger partial charge is 0.309 e. The standard InChI is InChI=1S/C15H28ClNO4S/c1-7-21-14(18)9-8-12(16)13(10-11(2)3)17-22(19,20)15(4,5)6/h8,11,13,17H,7,9-10H2,1-6H3/b12-8-/t13-/m0/s1. The molecule has 130 valence electrons. The molecule has 0 spiro atoms. The Hall–Kier alpha value is -0.590. The highest BCUT2D eigenvalue weighted by Crippen LogP contribution is 2.22. The summed E-state index contributed by atoms with van der Waals surface area (Å²) >= 11 is 6.22. The maximum Gasteiger partial charge on any atom is 0.309 e. The molecule has 0 heterocycles. The van der Waals surface area contributed by atoms with Crippen LogP contribution in [0.1, 0.15) is 54.4 Å². The summed E-state index contributed by atoms with van der Waals surface area (Å²) in [4.78, 5) is 11.4. The first kappa shape index (κ1) is 21.4. The van der Waals surface area contributed by atoms with Gasteiger partial charge in [0, 0.05) is 5.03 Å². The zero-order valence-corrected chi connectivity index (χ0v) is 15.8. The van der Waals surface area contributed by atoms with Gasteiger partial charge in [-0.05, 0) is 40.0 Å². The van der Waals surface area contributed by atoms with Gasteiger partial charge in [-0.25, -0.2) is 13.1 Å².